The van der Waals surface area contributed by atoms with Crippen molar-refractivity contribution in [3.05, 3.63) is 20.8 Å². The minimum absolute atomic E-state index is 0.0474. The van der Waals surface area contributed by atoms with Crippen LogP contribution in [0.3, 0.4) is 0 Å². The van der Waals surface area contributed by atoms with Gasteiger partial charge in [0, 0.05) is 30.4 Å². The lowest BCUT2D eigenvalue weighted by molar-refractivity contribution is -0.121. The van der Waals surface area contributed by atoms with E-state index >= 15 is 0 Å². The lowest BCUT2D eigenvalue weighted by Crippen LogP contribution is -2.39. The van der Waals surface area contributed by atoms with Gasteiger partial charge in [0.1, 0.15) is 10.7 Å². The van der Waals surface area contributed by atoms with Crippen molar-refractivity contribution < 1.29 is 9.59 Å². The van der Waals surface area contributed by atoms with Gasteiger partial charge in [-0.15, -0.1) is 11.3 Å². The molecule has 1 amide bonds. The predicted octanol–water partition coefficient (Wildman–Crippen LogP) is 3.09. The molecule has 1 aliphatic rings. The molecule has 1 fully saturated rings. The van der Waals surface area contributed by atoms with Crippen LogP contribution in [0.2, 0.25) is 0 Å². The van der Waals surface area contributed by atoms with Gasteiger partial charge in [-0.05, 0) is 40.2 Å². The standard InChI is InChI=1S/C12H14BrNO2S/c1-14(8-2-4-9(15)5-3-8)12(16)11-10(13)6-7-17-11/h6-8H,2-5H2,1H3. The Kier molecular flexibility index (Phi) is 3.99. The fraction of sp³-hybridized carbons (Fsp3) is 0.500. The van der Waals surface area contributed by atoms with Crippen LogP contribution in [0.15, 0.2) is 15.9 Å². The topological polar surface area (TPSA) is 37.4 Å². The van der Waals surface area contributed by atoms with Gasteiger partial charge in [-0.1, -0.05) is 0 Å². The monoisotopic (exact) mass is 315 g/mol. The van der Waals surface area contributed by atoms with Gasteiger partial charge in [0.25, 0.3) is 5.91 Å². The van der Waals surface area contributed by atoms with E-state index in [0.29, 0.717) is 18.6 Å². The Morgan fingerprint density at radius 3 is 2.65 bits per heavy atom. The predicted molar refractivity (Wildman–Crippen MR) is 71.4 cm³/mol. The number of carbonyl (C=O) groups excluding carboxylic acids is 2. The molecule has 1 aromatic heterocycles. The number of thiophene rings is 1. The highest BCUT2D eigenvalue weighted by Crippen LogP contribution is 2.27. The molecule has 0 aliphatic heterocycles. The Labute approximate surface area is 113 Å². The smallest absolute Gasteiger partial charge is 0.265 e. The van der Waals surface area contributed by atoms with E-state index in [4.69, 9.17) is 0 Å². The van der Waals surface area contributed by atoms with E-state index in [1.165, 1.54) is 11.3 Å². The number of Topliss-reactive ketones (excluding diaryl/α,β-unsaturated/α-hetero) is 1. The Hall–Kier alpha value is -0.680. The number of ketones is 1. The number of nitrogens with zero attached hydrogens (tertiary/aromatic N) is 1. The molecule has 92 valence electrons. The molecular formula is C12H14BrNO2S. The van der Waals surface area contributed by atoms with Crippen LogP contribution in [0.25, 0.3) is 0 Å². The summed E-state index contributed by atoms with van der Waals surface area (Å²) >= 11 is 4.82. The fourth-order valence-electron chi connectivity index (χ4n) is 2.08. The molecule has 0 bridgehead atoms. The van der Waals surface area contributed by atoms with E-state index in [2.05, 4.69) is 15.9 Å². The van der Waals surface area contributed by atoms with Crippen molar-refractivity contribution in [3.63, 3.8) is 0 Å². The number of hydrogen-bond donors (Lipinski definition) is 0. The van der Waals surface area contributed by atoms with Crippen LogP contribution in [-0.4, -0.2) is 29.7 Å². The molecule has 0 unspecified atom stereocenters. The zero-order valence-electron chi connectivity index (χ0n) is 9.61. The first-order valence-corrected chi connectivity index (χ1v) is 7.28. The van der Waals surface area contributed by atoms with Crippen molar-refractivity contribution in [3.8, 4) is 0 Å². The third-order valence-corrected chi connectivity index (χ3v) is 5.02. The van der Waals surface area contributed by atoms with Crippen LogP contribution in [0, 0.1) is 0 Å². The van der Waals surface area contributed by atoms with E-state index < -0.39 is 0 Å². The van der Waals surface area contributed by atoms with E-state index in [1.54, 1.807) is 4.90 Å². The Morgan fingerprint density at radius 1 is 1.47 bits per heavy atom. The molecule has 2 rings (SSSR count). The Balaban J connectivity index is 2.05. The molecule has 0 aromatic carbocycles. The molecule has 1 heterocycles. The van der Waals surface area contributed by atoms with Gasteiger partial charge in [-0.3, -0.25) is 9.59 Å². The highest BCUT2D eigenvalue weighted by molar-refractivity contribution is 9.10. The van der Waals surface area contributed by atoms with Gasteiger partial charge in [-0.2, -0.15) is 0 Å². The average Bonchev–Trinajstić information content (AvgIpc) is 2.74. The summed E-state index contributed by atoms with van der Waals surface area (Å²) in [6.45, 7) is 0. The van der Waals surface area contributed by atoms with Crippen LogP contribution in [0.4, 0.5) is 0 Å². The summed E-state index contributed by atoms with van der Waals surface area (Å²) in [6.07, 6.45) is 2.80. The summed E-state index contributed by atoms with van der Waals surface area (Å²) in [5, 5.41) is 1.90. The average molecular weight is 316 g/mol. The first-order chi connectivity index (χ1) is 8.09. The molecule has 17 heavy (non-hydrogen) atoms. The lowest BCUT2D eigenvalue weighted by Gasteiger charge is -2.30. The van der Waals surface area contributed by atoms with E-state index in [0.717, 1.165) is 22.2 Å². The lowest BCUT2D eigenvalue weighted by atomic mass is 9.93. The second-order valence-electron chi connectivity index (χ2n) is 4.28. The van der Waals surface area contributed by atoms with Crippen molar-refractivity contribution in [2.24, 2.45) is 0 Å². The van der Waals surface area contributed by atoms with Crippen LogP contribution in [0.1, 0.15) is 35.4 Å². The highest BCUT2D eigenvalue weighted by Gasteiger charge is 2.27. The van der Waals surface area contributed by atoms with Gasteiger partial charge < -0.3 is 4.90 Å². The Bertz CT molecular complexity index is 433. The largest absolute Gasteiger partial charge is 0.338 e. The molecule has 3 nitrogen and oxygen atoms in total. The maximum atomic E-state index is 12.2. The van der Waals surface area contributed by atoms with Crippen LogP contribution in [0.5, 0.6) is 0 Å². The van der Waals surface area contributed by atoms with Gasteiger partial charge in [0.05, 0.1) is 0 Å². The summed E-state index contributed by atoms with van der Waals surface area (Å²) in [7, 11) is 1.83. The van der Waals surface area contributed by atoms with Crippen molar-refractivity contribution in [2.45, 2.75) is 31.7 Å². The molecule has 5 heteroatoms. The van der Waals surface area contributed by atoms with Gasteiger partial charge in [0.2, 0.25) is 0 Å². The molecule has 1 saturated carbocycles. The summed E-state index contributed by atoms with van der Waals surface area (Å²) in [5.74, 6) is 0.366. The summed E-state index contributed by atoms with van der Waals surface area (Å²) in [4.78, 5) is 25.9. The van der Waals surface area contributed by atoms with Crippen LogP contribution < -0.4 is 0 Å². The molecule has 1 aliphatic carbocycles. The first kappa shape index (κ1) is 12.8. The summed E-state index contributed by atoms with van der Waals surface area (Å²) < 4.78 is 0.853. The second kappa shape index (κ2) is 5.31. The summed E-state index contributed by atoms with van der Waals surface area (Å²) in [6, 6.07) is 2.09. The molecule has 0 atom stereocenters. The third kappa shape index (κ3) is 2.77. The zero-order valence-corrected chi connectivity index (χ0v) is 12.0. The number of carbonyl (C=O) groups is 2. The molecular weight excluding hydrogens is 302 g/mol. The zero-order chi connectivity index (χ0) is 12.4. The second-order valence-corrected chi connectivity index (χ2v) is 6.05. The summed E-state index contributed by atoms with van der Waals surface area (Å²) in [5.41, 5.74) is 0. The van der Waals surface area contributed by atoms with Gasteiger partial charge in [0.15, 0.2) is 0 Å². The number of hydrogen-bond acceptors (Lipinski definition) is 3. The van der Waals surface area contributed by atoms with Crippen molar-refractivity contribution in [2.75, 3.05) is 7.05 Å². The molecule has 0 saturated heterocycles. The maximum absolute atomic E-state index is 12.2. The van der Waals surface area contributed by atoms with Crippen LogP contribution in [-0.2, 0) is 4.79 Å². The van der Waals surface area contributed by atoms with Gasteiger partial charge >= 0.3 is 0 Å². The Morgan fingerprint density at radius 2 is 2.12 bits per heavy atom. The molecule has 0 spiro atoms. The SMILES string of the molecule is CN(C(=O)c1sccc1Br)C1CCC(=O)CC1. The van der Waals surface area contributed by atoms with E-state index in [-0.39, 0.29) is 11.9 Å². The number of halogens is 1. The molecule has 0 radical (unpaired) electrons. The van der Waals surface area contributed by atoms with Crippen molar-refractivity contribution >= 4 is 39.0 Å². The van der Waals surface area contributed by atoms with Gasteiger partial charge in [-0.25, -0.2) is 0 Å². The van der Waals surface area contributed by atoms with Crippen molar-refractivity contribution in [1.29, 1.82) is 0 Å². The fourth-order valence-corrected chi connectivity index (χ4v) is 3.61. The van der Waals surface area contributed by atoms with Crippen molar-refractivity contribution in [1.82, 2.24) is 4.90 Å². The highest BCUT2D eigenvalue weighted by atomic mass is 79.9. The minimum atomic E-state index is 0.0474. The molecule has 0 N–H and O–H groups in total. The quantitative estimate of drug-likeness (QED) is 0.841. The van der Waals surface area contributed by atoms with E-state index in [1.807, 2.05) is 18.5 Å². The van der Waals surface area contributed by atoms with E-state index in [9.17, 15) is 9.59 Å². The third-order valence-electron chi connectivity index (χ3n) is 3.19. The minimum Gasteiger partial charge on any atom is -0.338 e. The van der Waals surface area contributed by atoms with Crippen LogP contribution >= 0.6 is 27.3 Å². The number of amides is 1. The number of rotatable bonds is 2. The molecule has 1 aromatic rings. The first-order valence-electron chi connectivity index (χ1n) is 5.61. The maximum Gasteiger partial charge on any atom is 0.265 e. The normalized spacial score (nSPS) is 17.2.